The zero-order chi connectivity index (χ0) is 18.6. The molecule has 0 unspecified atom stereocenters. The molecule has 2 N–H and O–H groups in total. The van der Waals surface area contributed by atoms with Gasteiger partial charge in [0.15, 0.2) is 11.5 Å². The number of nitrogens with zero attached hydrogens (tertiary/aromatic N) is 2. The van der Waals surface area contributed by atoms with Gasteiger partial charge in [-0.05, 0) is 36.8 Å². The molecule has 1 saturated heterocycles. The minimum atomic E-state index is -0.316. The maximum Gasteiger partial charge on any atom is 0.273 e. The van der Waals surface area contributed by atoms with Gasteiger partial charge < -0.3 is 15.4 Å². The maximum atomic E-state index is 12.7. The Kier molecular flexibility index (Phi) is 5.11. The van der Waals surface area contributed by atoms with Crippen molar-refractivity contribution in [3.8, 4) is 0 Å². The van der Waals surface area contributed by atoms with E-state index in [0.717, 1.165) is 12.8 Å². The summed E-state index contributed by atoms with van der Waals surface area (Å²) in [5.74, 6) is -0.368. The summed E-state index contributed by atoms with van der Waals surface area (Å²) >= 11 is 0. The first kappa shape index (κ1) is 17.6. The summed E-state index contributed by atoms with van der Waals surface area (Å²) in [7, 11) is 0. The number of fused-ring (bicyclic) bond motifs is 1. The van der Waals surface area contributed by atoms with E-state index in [4.69, 9.17) is 4.74 Å². The third kappa shape index (κ3) is 3.98. The predicted molar refractivity (Wildman–Crippen MR) is 99.3 cm³/mol. The van der Waals surface area contributed by atoms with Crippen LogP contribution < -0.4 is 10.6 Å². The molecule has 1 aromatic carbocycles. The van der Waals surface area contributed by atoms with E-state index >= 15 is 0 Å². The Morgan fingerprint density at radius 3 is 2.37 bits per heavy atom. The second-order valence-electron chi connectivity index (χ2n) is 6.98. The van der Waals surface area contributed by atoms with Crippen LogP contribution >= 0.6 is 0 Å². The van der Waals surface area contributed by atoms with Gasteiger partial charge in [0.25, 0.3) is 5.91 Å². The molecule has 0 radical (unpaired) electrons. The van der Waals surface area contributed by atoms with E-state index in [2.05, 4.69) is 32.7 Å². The molecule has 1 fully saturated rings. The molecule has 2 aliphatic rings. The zero-order valence-corrected chi connectivity index (χ0v) is 15.0. The molecule has 2 aromatic rings. The van der Waals surface area contributed by atoms with Gasteiger partial charge in [0.2, 0.25) is 5.91 Å². The van der Waals surface area contributed by atoms with Crippen LogP contribution in [0.4, 0.5) is 5.82 Å². The monoisotopic (exact) mass is 366 g/mol. The Bertz CT molecular complexity index is 824. The Balaban J connectivity index is 1.43. The van der Waals surface area contributed by atoms with Gasteiger partial charge in [-0.25, -0.2) is 9.97 Å². The summed E-state index contributed by atoms with van der Waals surface area (Å²) in [6, 6.07) is 8.22. The Morgan fingerprint density at radius 1 is 1.00 bits per heavy atom. The molecule has 140 valence electrons. The molecule has 7 nitrogen and oxygen atoms in total. The molecule has 2 heterocycles. The number of anilines is 1. The van der Waals surface area contributed by atoms with Crippen LogP contribution in [0.2, 0.25) is 0 Å². The van der Waals surface area contributed by atoms with Gasteiger partial charge in [-0.1, -0.05) is 24.3 Å². The van der Waals surface area contributed by atoms with E-state index < -0.39 is 0 Å². The lowest BCUT2D eigenvalue weighted by Crippen LogP contribution is -2.37. The highest BCUT2D eigenvalue weighted by Gasteiger charge is 2.27. The lowest BCUT2D eigenvalue weighted by atomic mass is 9.99. The van der Waals surface area contributed by atoms with E-state index in [9.17, 15) is 9.59 Å². The van der Waals surface area contributed by atoms with Crippen LogP contribution in [-0.4, -0.2) is 41.0 Å². The number of ether oxygens (including phenoxy) is 1. The van der Waals surface area contributed by atoms with Gasteiger partial charge in [0, 0.05) is 37.6 Å². The van der Waals surface area contributed by atoms with Gasteiger partial charge in [-0.3, -0.25) is 9.59 Å². The van der Waals surface area contributed by atoms with E-state index in [1.807, 2.05) is 12.1 Å². The third-order valence-electron chi connectivity index (χ3n) is 5.13. The number of carbonyl (C=O) groups excluding carboxylic acids is 2. The van der Waals surface area contributed by atoms with Crippen LogP contribution in [0.25, 0.3) is 0 Å². The van der Waals surface area contributed by atoms with Crippen molar-refractivity contribution in [1.82, 2.24) is 15.3 Å². The number of nitrogens with one attached hydrogen (secondary N) is 2. The topological polar surface area (TPSA) is 93.2 Å². The van der Waals surface area contributed by atoms with E-state index in [-0.39, 0.29) is 35.3 Å². The van der Waals surface area contributed by atoms with Crippen LogP contribution in [-0.2, 0) is 22.4 Å². The first-order chi connectivity index (χ1) is 13.2. The van der Waals surface area contributed by atoms with Gasteiger partial charge in [-0.2, -0.15) is 0 Å². The Labute approximate surface area is 157 Å². The van der Waals surface area contributed by atoms with Crippen molar-refractivity contribution in [3.63, 3.8) is 0 Å². The first-order valence-electron chi connectivity index (χ1n) is 9.28. The lowest BCUT2D eigenvalue weighted by Gasteiger charge is -2.21. The second kappa shape index (κ2) is 7.84. The average Bonchev–Trinajstić information content (AvgIpc) is 3.11. The second-order valence-corrected chi connectivity index (χ2v) is 6.98. The lowest BCUT2D eigenvalue weighted by molar-refractivity contribution is -0.122. The number of hydrogen-bond donors (Lipinski definition) is 2. The first-order valence-corrected chi connectivity index (χ1v) is 9.28. The van der Waals surface area contributed by atoms with Gasteiger partial charge in [0.1, 0.15) is 0 Å². The maximum absolute atomic E-state index is 12.7. The third-order valence-corrected chi connectivity index (χ3v) is 5.13. The van der Waals surface area contributed by atoms with Crippen molar-refractivity contribution < 1.29 is 14.3 Å². The SMILES string of the molecule is O=C(NC1Cc2ccccc2C1)c1nccnc1NC(=O)C1CCOCC1. The van der Waals surface area contributed by atoms with Crippen molar-refractivity contribution in [2.45, 2.75) is 31.7 Å². The summed E-state index contributed by atoms with van der Waals surface area (Å²) in [5.41, 5.74) is 2.67. The van der Waals surface area contributed by atoms with Crippen LogP contribution in [0.5, 0.6) is 0 Å². The number of benzene rings is 1. The van der Waals surface area contributed by atoms with Crippen molar-refractivity contribution >= 4 is 17.6 Å². The highest BCUT2D eigenvalue weighted by molar-refractivity contribution is 6.01. The summed E-state index contributed by atoms with van der Waals surface area (Å²) < 4.78 is 5.29. The molecule has 2 amide bonds. The minimum Gasteiger partial charge on any atom is -0.381 e. The van der Waals surface area contributed by atoms with E-state index in [1.165, 1.54) is 23.5 Å². The molecule has 0 spiro atoms. The van der Waals surface area contributed by atoms with E-state index in [1.54, 1.807) is 0 Å². The van der Waals surface area contributed by atoms with Gasteiger partial charge >= 0.3 is 0 Å². The number of carbonyl (C=O) groups is 2. The summed E-state index contributed by atoms with van der Waals surface area (Å²) in [4.78, 5) is 33.5. The number of amides is 2. The Hall–Kier alpha value is -2.80. The fourth-order valence-electron chi connectivity index (χ4n) is 3.69. The highest BCUT2D eigenvalue weighted by atomic mass is 16.5. The molecular weight excluding hydrogens is 344 g/mol. The predicted octanol–water partition coefficient (Wildman–Crippen LogP) is 1.74. The van der Waals surface area contributed by atoms with E-state index in [0.29, 0.717) is 26.1 Å². The van der Waals surface area contributed by atoms with Crippen LogP contribution in [0.1, 0.15) is 34.5 Å². The van der Waals surface area contributed by atoms with Crippen LogP contribution in [0.15, 0.2) is 36.7 Å². The smallest absolute Gasteiger partial charge is 0.273 e. The van der Waals surface area contributed by atoms with Crippen molar-refractivity contribution in [2.24, 2.45) is 5.92 Å². The molecular formula is C20H22N4O3. The molecule has 27 heavy (non-hydrogen) atoms. The van der Waals surface area contributed by atoms with Crippen molar-refractivity contribution in [2.75, 3.05) is 18.5 Å². The van der Waals surface area contributed by atoms with Crippen molar-refractivity contribution in [3.05, 3.63) is 53.5 Å². The summed E-state index contributed by atoms with van der Waals surface area (Å²) in [6.45, 7) is 1.16. The Morgan fingerprint density at radius 2 is 1.67 bits per heavy atom. The molecule has 0 saturated carbocycles. The molecule has 4 rings (SSSR count). The van der Waals surface area contributed by atoms with Gasteiger partial charge in [-0.15, -0.1) is 0 Å². The highest BCUT2D eigenvalue weighted by Crippen LogP contribution is 2.22. The summed E-state index contributed by atoms with van der Waals surface area (Å²) in [5, 5.41) is 5.80. The molecule has 0 atom stereocenters. The fraction of sp³-hybridized carbons (Fsp3) is 0.400. The summed E-state index contributed by atoms with van der Waals surface area (Å²) in [6.07, 6.45) is 5.88. The van der Waals surface area contributed by atoms with Crippen LogP contribution in [0.3, 0.4) is 0 Å². The number of aromatic nitrogens is 2. The quantitative estimate of drug-likeness (QED) is 0.860. The molecule has 0 bridgehead atoms. The largest absolute Gasteiger partial charge is 0.381 e. The van der Waals surface area contributed by atoms with Crippen LogP contribution in [0, 0.1) is 5.92 Å². The molecule has 7 heteroatoms. The normalized spacial score (nSPS) is 17.3. The molecule has 1 aliphatic carbocycles. The zero-order valence-electron chi connectivity index (χ0n) is 15.0. The fourth-order valence-corrected chi connectivity index (χ4v) is 3.69. The number of rotatable bonds is 4. The standard InChI is InChI=1S/C20H22N4O3/c25-19(13-5-9-27-10-6-13)24-18-17(21-7-8-22-18)20(26)23-16-11-14-3-1-2-4-15(14)12-16/h1-4,7-8,13,16H,5-6,9-12H2,(H,23,26)(H,22,24,25). The molecule has 1 aliphatic heterocycles. The minimum absolute atomic E-state index is 0.0240. The number of hydrogen-bond acceptors (Lipinski definition) is 5. The van der Waals surface area contributed by atoms with Gasteiger partial charge in [0.05, 0.1) is 0 Å². The molecule has 1 aromatic heterocycles. The average molecular weight is 366 g/mol. The van der Waals surface area contributed by atoms with Crippen molar-refractivity contribution in [1.29, 1.82) is 0 Å².